The van der Waals surface area contributed by atoms with Gasteiger partial charge in [0.25, 0.3) is 5.91 Å². The SMILES string of the molecule is CCC=C(Oc1ccccc1C)C(=O)Nc1csc(-c2cc(F)c(Cl)c(F)c2)c1C(=O)O. The molecule has 0 saturated heterocycles. The van der Waals surface area contributed by atoms with Crippen molar-refractivity contribution in [2.45, 2.75) is 20.3 Å². The Bertz CT molecular complexity index is 1200. The molecule has 1 aromatic heterocycles. The maximum Gasteiger partial charge on any atom is 0.339 e. The molecular formula is C23H18ClF2NO4S. The molecule has 0 fully saturated rings. The number of allylic oxidation sites excluding steroid dienone is 1. The van der Waals surface area contributed by atoms with Gasteiger partial charge in [-0.15, -0.1) is 11.3 Å². The predicted octanol–water partition coefficient (Wildman–Crippen LogP) is 6.66. The van der Waals surface area contributed by atoms with E-state index in [1.54, 1.807) is 18.2 Å². The second kappa shape index (κ2) is 9.93. The van der Waals surface area contributed by atoms with Crippen LogP contribution in [0.25, 0.3) is 10.4 Å². The Labute approximate surface area is 191 Å². The minimum atomic E-state index is -1.37. The fourth-order valence-electron chi connectivity index (χ4n) is 2.90. The topological polar surface area (TPSA) is 75.6 Å². The highest BCUT2D eigenvalue weighted by Gasteiger charge is 2.24. The van der Waals surface area contributed by atoms with Crippen LogP contribution in [0.4, 0.5) is 14.5 Å². The van der Waals surface area contributed by atoms with Crippen LogP contribution in [0.5, 0.6) is 5.75 Å². The number of carboxylic acids is 1. The number of carbonyl (C=O) groups excluding carboxylic acids is 1. The number of hydrogen-bond donors (Lipinski definition) is 2. The second-order valence-electron chi connectivity index (χ2n) is 6.71. The second-order valence-corrected chi connectivity index (χ2v) is 7.97. The highest BCUT2D eigenvalue weighted by Crippen LogP contribution is 2.38. The third kappa shape index (κ3) is 4.98. The summed E-state index contributed by atoms with van der Waals surface area (Å²) in [5.74, 6) is -3.58. The van der Waals surface area contributed by atoms with Crippen molar-refractivity contribution in [2.24, 2.45) is 0 Å². The molecule has 0 radical (unpaired) electrons. The smallest absolute Gasteiger partial charge is 0.339 e. The summed E-state index contributed by atoms with van der Waals surface area (Å²) in [5, 5.41) is 12.9. The summed E-state index contributed by atoms with van der Waals surface area (Å²) in [6.07, 6.45) is 2.07. The average Bonchev–Trinajstić information content (AvgIpc) is 3.16. The largest absolute Gasteiger partial charge is 0.478 e. The van der Waals surface area contributed by atoms with Gasteiger partial charge in [-0.25, -0.2) is 13.6 Å². The summed E-state index contributed by atoms with van der Waals surface area (Å²) in [6.45, 7) is 3.65. The molecule has 0 aliphatic carbocycles. The predicted molar refractivity (Wildman–Crippen MR) is 120 cm³/mol. The minimum Gasteiger partial charge on any atom is -0.478 e. The lowest BCUT2D eigenvalue weighted by Gasteiger charge is -2.12. The molecule has 0 saturated carbocycles. The van der Waals surface area contributed by atoms with Crippen molar-refractivity contribution in [1.29, 1.82) is 0 Å². The number of anilines is 1. The molecular weight excluding hydrogens is 460 g/mol. The van der Waals surface area contributed by atoms with Crippen molar-refractivity contribution in [3.63, 3.8) is 0 Å². The van der Waals surface area contributed by atoms with Gasteiger partial charge in [-0.2, -0.15) is 0 Å². The number of carboxylic acid groups (broad SMARTS) is 1. The number of benzene rings is 2. The number of aromatic carboxylic acids is 1. The van der Waals surface area contributed by atoms with Gasteiger partial charge in [0.15, 0.2) is 5.76 Å². The maximum absolute atomic E-state index is 13.9. The lowest BCUT2D eigenvalue weighted by molar-refractivity contribution is -0.114. The van der Waals surface area contributed by atoms with E-state index in [0.29, 0.717) is 12.2 Å². The Hall–Kier alpha value is -3.23. The van der Waals surface area contributed by atoms with E-state index in [1.807, 2.05) is 26.0 Å². The number of nitrogens with one attached hydrogen (secondary N) is 1. The number of para-hydroxylation sites is 1. The fraction of sp³-hybridized carbons (Fsp3) is 0.130. The zero-order valence-electron chi connectivity index (χ0n) is 17.0. The molecule has 32 heavy (non-hydrogen) atoms. The van der Waals surface area contributed by atoms with E-state index in [1.165, 1.54) is 5.38 Å². The third-order valence-corrected chi connectivity index (χ3v) is 5.82. The van der Waals surface area contributed by atoms with E-state index in [0.717, 1.165) is 29.0 Å². The maximum atomic E-state index is 13.9. The monoisotopic (exact) mass is 477 g/mol. The molecule has 1 heterocycles. The van der Waals surface area contributed by atoms with Crippen LogP contribution in [-0.2, 0) is 4.79 Å². The lowest BCUT2D eigenvalue weighted by atomic mass is 10.1. The number of hydrogen-bond acceptors (Lipinski definition) is 4. The molecule has 1 amide bonds. The molecule has 0 spiro atoms. The van der Waals surface area contributed by atoms with E-state index in [-0.39, 0.29) is 27.5 Å². The quantitative estimate of drug-likeness (QED) is 0.226. The van der Waals surface area contributed by atoms with Gasteiger partial charge in [0.05, 0.1) is 10.6 Å². The molecule has 2 aromatic carbocycles. The zero-order chi connectivity index (χ0) is 23.4. The summed E-state index contributed by atoms with van der Waals surface area (Å²) in [7, 11) is 0. The third-order valence-electron chi connectivity index (χ3n) is 4.43. The van der Waals surface area contributed by atoms with Gasteiger partial charge in [0, 0.05) is 5.38 Å². The molecule has 3 aromatic rings. The van der Waals surface area contributed by atoms with Crippen molar-refractivity contribution in [2.75, 3.05) is 5.32 Å². The number of carbonyl (C=O) groups is 2. The van der Waals surface area contributed by atoms with E-state index in [9.17, 15) is 23.5 Å². The number of halogens is 3. The standard InChI is InChI=1S/C23H18ClF2NO4S/c1-3-6-18(31-17-8-5-4-7-12(17)2)22(28)27-16-11-32-21(19(16)23(29)30)13-9-14(25)20(24)15(26)10-13/h4-11H,3H2,1-2H3,(H,27,28)(H,29,30). The summed E-state index contributed by atoms with van der Waals surface area (Å²) in [5.41, 5.74) is 0.496. The van der Waals surface area contributed by atoms with Gasteiger partial charge in [0.1, 0.15) is 28.0 Å². The first kappa shape index (κ1) is 23.4. The Morgan fingerprint density at radius 1 is 1.22 bits per heavy atom. The van der Waals surface area contributed by atoms with E-state index in [2.05, 4.69) is 5.32 Å². The minimum absolute atomic E-state index is 0.00512. The summed E-state index contributed by atoms with van der Waals surface area (Å²) >= 11 is 6.44. The molecule has 0 bridgehead atoms. The molecule has 0 unspecified atom stereocenters. The Morgan fingerprint density at radius 3 is 2.47 bits per heavy atom. The van der Waals surface area contributed by atoms with Crippen molar-refractivity contribution >= 4 is 40.5 Å². The average molecular weight is 478 g/mol. The number of rotatable bonds is 7. The normalized spacial score (nSPS) is 11.3. The highest BCUT2D eigenvalue weighted by atomic mass is 35.5. The van der Waals surface area contributed by atoms with Crippen LogP contribution in [0.3, 0.4) is 0 Å². The van der Waals surface area contributed by atoms with Gasteiger partial charge >= 0.3 is 5.97 Å². The number of amides is 1. The summed E-state index contributed by atoms with van der Waals surface area (Å²) in [4.78, 5) is 24.9. The molecule has 9 heteroatoms. The van der Waals surface area contributed by atoms with Crippen LogP contribution in [0.15, 0.2) is 53.6 Å². The summed E-state index contributed by atoms with van der Waals surface area (Å²) < 4.78 is 33.5. The molecule has 0 atom stereocenters. The van der Waals surface area contributed by atoms with Crippen LogP contribution >= 0.6 is 22.9 Å². The number of aryl methyl sites for hydroxylation is 1. The zero-order valence-corrected chi connectivity index (χ0v) is 18.6. The van der Waals surface area contributed by atoms with Crippen molar-refractivity contribution in [3.05, 3.63) is 81.4 Å². The van der Waals surface area contributed by atoms with Crippen LogP contribution in [0, 0.1) is 18.6 Å². The molecule has 3 rings (SSSR count). The molecule has 0 aliphatic heterocycles. The Balaban J connectivity index is 1.94. The Morgan fingerprint density at radius 2 is 1.88 bits per heavy atom. The Kier molecular flexibility index (Phi) is 7.27. The fourth-order valence-corrected chi connectivity index (χ4v) is 3.99. The molecule has 166 valence electrons. The van der Waals surface area contributed by atoms with E-state index in [4.69, 9.17) is 16.3 Å². The van der Waals surface area contributed by atoms with Crippen molar-refractivity contribution in [3.8, 4) is 16.2 Å². The van der Waals surface area contributed by atoms with Crippen LogP contribution in [0.1, 0.15) is 29.3 Å². The van der Waals surface area contributed by atoms with E-state index >= 15 is 0 Å². The molecule has 2 N–H and O–H groups in total. The first-order valence-electron chi connectivity index (χ1n) is 9.47. The van der Waals surface area contributed by atoms with Gasteiger partial charge in [-0.05, 0) is 48.7 Å². The van der Waals surface area contributed by atoms with Crippen LogP contribution in [0.2, 0.25) is 5.02 Å². The number of ether oxygens (including phenoxy) is 1. The first-order valence-corrected chi connectivity index (χ1v) is 10.7. The molecule has 0 aliphatic rings. The highest BCUT2D eigenvalue weighted by molar-refractivity contribution is 7.14. The first-order chi connectivity index (χ1) is 15.2. The van der Waals surface area contributed by atoms with Crippen molar-refractivity contribution in [1.82, 2.24) is 0 Å². The van der Waals surface area contributed by atoms with Gasteiger partial charge in [-0.1, -0.05) is 36.7 Å². The number of thiophene rings is 1. The van der Waals surface area contributed by atoms with Gasteiger partial charge in [0.2, 0.25) is 0 Å². The van der Waals surface area contributed by atoms with Crippen LogP contribution < -0.4 is 10.1 Å². The van der Waals surface area contributed by atoms with E-state index < -0.39 is 28.5 Å². The van der Waals surface area contributed by atoms with Gasteiger partial charge < -0.3 is 15.2 Å². The van der Waals surface area contributed by atoms with Gasteiger partial charge in [-0.3, -0.25) is 4.79 Å². The van der Waals surface area contributed by atoms with Crippen molar-refractivity contribution < 1.29 is 28.2 Å². The summed E-state index contributed by atoms with van der Waals surface area (Å²) in [6, 6.07) is 9.02. The lowest BCUT2D eigenvalue weighted by Crippen LogP contribution is -2.19. The van der Waals surface area contributed by atoms with Crippen LogP contribution in [-0.4, -0.2) is 17.0 Å². The molecule has 5 nitrogen and oxygen atoms in total.